The zero-order chi connectivity index (χ0) is 21.6. The summed E-state index contributed by atoms with van der Waals surface area (Å²) < 4.78 is 16.5. The highest BCUT2D eigenvalue weighted by Gasteiger charge is 2.38. The van der Waals surface area contributed by atoms with Gasteiger partial charge in [-0.25, -0.2) is 9.59 Å². The SMILES string of the molecule is CCC(C)(C)OC(=O)Oc1ccc(C(=O)OC2(c3ccccc3)CCNCC2)cc1. The molecule has 160 valence electrons. The molecule has 1 aliphatic rings. The minimum Gasteiger partial charge on any atom is -0.450 e. The monoisotopic (exact) mass is 411 g/mol. The van der Waals surface area contributed by atoms with Gasteiger partial charge in [-0.3, -0.25) is 0 Å². The molecule has 0 bridgehead atoms. The molecule has 0 atom stereocenters. The summed E-state index contributed by atoms with van der Waals surface area (Å²) in [6.07, 6.45) is 1.33. The minimum atomic E-state index is -0.769. The first-order valence-corrected chi connectivity index (χ1v) is 10.3. The first-order chi connectivity index (χ1) is 14.3. The first kappa shape index (κ1) is 21.8. The zero-order valence-corrected chi connectivity index (χ0v) is 17.8. The maximum absolute atomic E-state index is 12.9. The van der Waals surface area contributed by atoms with Gasteiger partial charge in [0.25, 0.3) is 0 Å². The van der Waals surface area contributed by atoms with Gasteiger partial charge in [0, 0.05) is 12.8 Å². The van der Waals surface area contributed by atoms with Crippen LogP contribution in [0.15, 0.2) is 54.6 Å². The van der Waals surface area contributed by atoms with E-state index >= 15 is 0 Å². The van der Waals surface area contributed by atoms with Crippen LogP contribution in [0.4, 0.5) is 4.79 Å². The lowest BCUT2D eigenvalue weighted by Gasteiger charge is -2.37. The molecule has 6 heteroatoms. The van der Waals surface area contributed by atoms with Crippen LogP contribution in [0.3, 0.4) is 0 Å². The van der Waals surface area contributed by atoms with Crippen molar-refractivity contribution in [3.63, 3.8) is 0 Å². The molecule has 3 rings (SSSR count). The molecule has 1 saturated heterocycles. The van der Waals surface area contributed by atoms with Crippen LogP contribution in [-0.4, -0.2) is 30.8 Å². The minimum absolute atomic E-state index is 0.308. The van der Waals surface area contributed by atoms with Crippen molar-refractivity contribution in [1.29, 1.82) is 0 Å². The van der Waals surface area contributed by atoms with Crippen molar-refractivity contribution in [2.24, 2.45) is 0 Å². The molecule has 1 aliphatic heterocycles. The smallest absolute Gasteiger partial charge is 0.450 e. The summed E-state index contributed by atoms with van der Waals surface area (Å²) in [6.45, 7) is 7.13. The summed E-state index contributed by atoms with van der Waals surface area (Å²) in [7, 11) is 0. The Labute approximate surface area is 177 Å². The normalized spacial score (nSPS) is 15.8. The maximum atomic E-state index is 12.9. The van der Waals surface area contributed by atoms with Gasteiger partial charge in [0.1, 0.15) is 17.0 Å². The number of rotatable bonds is 6. The molecule has 0 spiro atoms. The third-order valence-corrected chi connectivity index (χ3v) is 5.50. The Morgan fingerprint density at radius 1 is 1.00 bits per heavy atom. The van der Waals surface area contributed by atoms with E-state index in [4.69, 9.17) is 14.2 Å². The number of nitrogens with one attached hydrogen (secondary N) is 1. The number of hydrogen-bond donors (Lipinski definition) is 1. The summed E-state index contributed by atoms with van der Waals surface area (Å²) in [6, 6.07) is 16.2. The van der Waals surface area contributed by atoms with E-state index in [0.29, 0.717) is 30.6 Å². The van der Waals surface area contributed by atoms with Crippen LogP contribution in [0, 0.1) is 0 Å². The standard InChI is InChI=1S/C24H29NO5/c1-4-23(2,3)30-22(27)28-20-12-10-18(11-13-20)21(26)29-24(14-16-25-17-15-24)19-8-6-5-7-9-19/h5-13,25H,4,14-17H2,1-3H3. The average molecular weight is 411 g/mol. The molecule has 6 nitrogen and oxygen atoms in total. The summed E-state index contributed by atoms with van der Waals surface area (Å²) in [4.78, 5) is 24.8. The summed E-state index contributed by atoms with van der Waals surface area (Å²) >= 11 is 0. The van der Waals surface area contributed by atoms with E-state index in [1.807, 2.05) is 51.1 Å². The van der Waals surface area contributed by atoms with Crippen molar-refractivity contribution in [3.05, 3.63) is 65.7 Å². The fourth-order valence-corrected chi connectivity index (χ4v) is 3.33. The van der Waals surface area contributed by atoms with Gasteiger partial charge in [0.15, 0.2) is 0 Å². The second-order valence-electron chi connectivity index (χ2n) is 8.09. The number of benzene rings is 2. The summed E-state index contributed by atoms with van der Waals surface area (Å²) in [5, 5.41) is 3.32. The molecule has 0 aliphatic carbocycles. The molecule has 2 aromatic carbocycles. The van der Waals surface area contributed by atoms with Crippen molar-refractivity contribution >= 4 is 12.1 Å². The Morgan fingerprint density at radius 3 is 2.23 bits per heavy atom. The zero-order valence-electron chi connectivity index (χ0n) is 17.8. The Balaban J connectivity index is 1.68. The molecule has 0 saturated carbocycles. The van der Waals surface area contributed by atoms with Crippen LogP contribution in [-0.2, 0) is 15.1 Å². The van der Waals surface area contributed by atoms with Gasteiger partial charge in [-0.2, -0.15) is 0 Å². The van der Waals surface area contributed by atoms with Crippen molar-refractivity contribution in [2.75, 3.05) is 13.1 Å². The first-order valence-electron chi connectivity index (χ1n) is 10.3. The second-order valence-corrected chi connectivity index (χ2v) is 8.09. The highest BCUT2D eigenvalue weighted by atomic mass is 16.7. The predicted molar refractivity (Wildman–Crippen MR) is 114 cm³/mol. The van der Waals surface area contributed by atoms with Gasteiger partial charge in [-0.05, 0) is 63.2 Å². The average Bonchev–Trinajstić information content (AvgIpc) is 2.75. The van der Waals surface area contributed by atoms with Gasteiger partial charge >= 0.3 is 12.1 Å². The summed E-state index contributed by atoms with van der Waals surface area (Å²) in [5.41, 5.74) is 0.162. The predicted octanol–water partition coefficient (Wildman–Crippen LogP) is 4.83. The molecule has 0 aromatic heterocycles. The maximum Gasteiger partial charge on any atom is 0.514 e. The molecular formula is C24H29NO5. The number of carbonyl (C=O) groups excluding carboxylic acids is 2. The molecular weight excluding hydrogens is 382 g/mol. The van der Waals surface area contributed by atoms with Gasteiger partial charge in [-0.15, -0.1) is 0 Å². The number of carbonyl (C=O) groups is 2. The lowest BCUT2D eigenvalue weighted by atomic mass is 9.84. The Kier molecular flexibility index (Phi) is 6.77. The van der Waals surface area contributed by atoms with E-state index in [1.54, 1.807) is 24.3 Å². The van der Waals surface area contributed by atoms with Crippen molar-refractivity contribution in [2.45, 2.75) is 51.2 Å². The van der Waals surface area contributed by atoms with Crippen molar-refractivity contribution < 1.29 is 23.8 Å². The molecule has 1 N–H and O–H groups in total. The third-order valence-electron chi connectivity index (χ3n) is 5.50. The van der Waals surface area contributed by atoms with E-state index in [1.165, 1.54) is 0 Å². The highest BCUT2D eigenvalue weighted by Crippen LogP contribution is 2.35. The van der Waals surface area contributed by atoms with Crippen LogP contribution in [0.1, 0.15) is 56.0 Å². The Morgan fingerprint density at radius 2 is 1.63 bits per heavy atom. The summed E-state index contributed by atoms with van der Waals surface area (Å²) in [5.74, 6) is -0.0925. The lowest BCUT2D eigenvalue weighted by Crippen LogP contribution is -2.43. The van der Waals surface area contributed by atoms with Crippen LogP contribution in [0.25, 0.3) is 0 Å². The van der Waals surface area contributed by atoms with E-state index in [0.717, 1.165) is 18.7 Å². The largest absolute Gasteiger partial charge is 0.514 e. The quantitative estimate of drug-likeness (QED) is 0.542. The lowest BCUT2D eigenvalue weighted by molar-refractivity contribution is -0.0378. The fourth-order valence-electron chi connectivity index (χ4n) is 3.33. The van der Waals surface area contributed by atoms with E-state index in [2.05, 4.69) is 5.32 Å². The molecule has 1 heterocycles. The number of esters is 1. The third kappa shape index (κ3) is 5.39. The van der Waals surface area contributed by atoms with Crippen LogP contribution < -0.4 is 10.1 Å². The van der Waals surface area contributed by atoms with Crippen molar-refractivity contribution in [1.82, 2.24) is 5.32 Å². The van der Waals surface area contributed by atoms with E-state index in [-0.39, 0.29) is 0 Å². The topological polar surface area (TPSA) is 73.9 Å². The van der Waals surface area contributed by atoms with Gasteiger partial charge in [0.2, 0.25) is 0 Å². The molecule has 0 unspecified atom stereocenters. The number of hydrogen-bond acceptors (Lipinski definition) is 6. The molecule has 2 aromatic rings. The Bertz CT molecular complexity index is 855. The second kappa shape index (κ2) is 9.30. The highest BCUT2D eigenvalue weighted by molar-refractivity contribution is 5.90. The fraction of sp³-hybridized carbons (Fsp3) is 0.417. The van der Waals surface area contributed by atoms with E-state index in [9.17, 15) is 9.59 Å². The number of ether oxygens (including phenoxy) is 3. The van der Waals surface area contributed by atoms with E-state index < -0.39 is 23.3 Å². The van der Waals surface area contributed by atoms with Gasteiger partial charge < -0.3 is 19.5 Å². The van der Waals surface area contributed by atoms with Gasteiger partial charge in [0.05, 0.1) is 5.56 Å². The van der Waals surface area contributed by atoms with Crippen LogP contribution >= 0.6 is 0 Å². The van der Waals surface area contributed by atoms with Crippen LogP contribution in [0.5, 0.6) is 5.75 Å². The van der Waals surface area contributed by atoms with Crippen molar-refractivity contribution in [3.8, 4) is 5.75 Å². The molecule has 30 heavy (non-hydrogen) atoms. The van der Waals surface area contributed by atoms with Gasteiger partial charge in [-0.1, -0.05) is 37.3 Å². The Hall–Kier alpha value is -2.86. The number of piperidine rings is 1. The molecule has 0 amide bonds. The van der Waals surface area contributed by atoms with Crippen LogP contribution in [0.2, 0.25) is 0 Å². The molecule has 1 fully saturated rings. The molecule has 0 radical (unpaired) electrons.